The van der Waals surface area contributed by atoms with Crippen LogP contribution in [0.25, 0.3) is 5.70 Å². The summed E-state index contributed by atoms with van der Waals surface area (Å²) in [4.78, 5) is 18.7. The Morgan fingerprint density at radius 1 is 1.43 bits per heavy atom. The van der Waals surface area contributed by atoms with Crippen molar-refractivity contribution < 1.29 is 9.53 Å². The molecular formula is C18H19ClN2O2. The second kappa shape index (κ2) is 5.99. The molecule has 0 spiro atoms. The average molecular weight is 331 g/mol. The first-order valence-corrected chi connectivity index (χ1v) is 8.04. The number of carbonyl (C=O) groups excluding carboxylic acids is 1. The summed E-state index contributed by atoms with van der Waals surface area (Å²) in [5, 5.41) is 0.408. The summed E-state index contributed by atoms with van der Waals surface area (Å²) in [5.41, 5.74) is 2.96. The first-order chi connectivity index (χ1) is 11.0. The number of aromatic nitrogens is 1. The molecule has 23 heavy (non-hydrogen) atoms. The van der Waals surface area contributed by atoms with Gasteiger partial charge in [0.05, 0.1) is 16.9 Å². The Bertz CT molecular complexity index is 725. The number of rotatable bonds is 2. The zero-order chi connectivity index (χ0) is 16.6. The Balaban J connectivity index is 2.03. The summed E-state index contributed by atoms with van der Waals surface area (Å²) in [6, 6.07) is 1.81. The first-order valence-electron chi connectivity index (χ1n) is 7.66. The maximum absolute atomic E-state index is 12.4. The van der Waals surface area contributed by atoms with Crippen molar-refractivity contribution in [2.24, 2.45) is 0 Å². The van der Waals surface area contributed by atoms with Crippen LogP contribution < -0.4 is 0 Å². The number of pyridine rings is 1. The number of ketones is 1. The lowest BCUT2D eigenvalue weighted by Gasteiger charge is -2.41. The van der Waals surface area contributed by atoms with E-state index in [1.54, 1.807) is 19.4 Å². The van der Waals surface area contributed by atoms with Gasteiger partial charge in [-0.15, -0.1) is 6.42 Å². The molecule has 0 N–H and O–H groups in total. The van der Waals surface area contributed by atoms with Gasteiger partial charge in [0.25, 0.3) is 0 Å². The second-order valence-corrected chi connectivity index (χ2v) is 6.66. The van der Waals surface area contributed by atoms with Crippen molar-refractivity contribution in [1.82, 2.24) is 9.88 Å². The summed E-state index contributed by atoms with van der Waals surface area (Å²) in [6.45, 7) is 3.69. The highest BCUT2D eigenvalue weighted by Crippen LogP contribution is 2.36. The summed E-state index contributed by atoms with van der Waals surface area (Å²) in [5.74, 6) is 2.56. The largest absolute Gasteiger partial charge is 0.378 e. The fourth-order valence-electron chi connectivity index (χ4n) is 3.23. The molecule has 1 aliphatic carbocycles. The zero-order valence-corrected chi connectivity index (χ0v) is 14.1. The lowest BCUT2D eigenvalue weighted by atomic mass is 9.86. The number of methoxy groups -OCH3 is 1. The predicted molar refractivity (Wildman–Crippen MR) is 89.9 cm³/mol. The van der Waals surface area contributed by atoms with E-state index in [-0.39, 0.29) is 17.8 Å². The van der Waals surface area contributed by atoms with E-state index in [2.05, 4.69) is 22.7 Å². The number of fused-ring (bicyclic) bond motifs is 1. The molecule has 0 saturated carbocycles. The molecule has 1 aromatic rings. The number of halogens is 1. The van der Waals surface area contributed by atoms with E-state index in [1.165, 1.54) is 0 Å². The van der Waals surface area contributed by atoms with E-state index in [0.29, 0.717) is 10.7 Å². The topological polar surface area (TPSA) is 42.4 Å². The van der Waals surface area contributed by atoms with Gasteiger partial charge in [-0.1, -0.05) is 17.5 Å². The minimum absolute atomic E-state index is 0.0285. The molecule has 2 aliphatic rings. The number of piperidine rings is 1. The van der Waals surface area contributed by atoms with Crippen LogP contribution in [0.15, 0.2) is 17.8 Å². The minimum atomic E-state index is -0.120. The van der Waals surface area contributed by atoms with Crippen molar-refractivity contribution in [2.45, 2.75) is 31.8 Å². The molecule has 120 valence electrons. The van der Waals surface area contributed by atoms with Crippen molar-refractivity contribution in [3.63, 3.8) is 0 Å². The van der Waals surface area contributed by atoms with Gasteiger partial charge in [-0.3, -0.25) is 4.79 Å². The average Bonchev–Trinajstić information content (AvgIpc) is 2.55. The van der Waals surface area contributed by atoms with Gasteiger partial charge in [-0.05, 0) is 31.4 Å². The molecule has 1 saturated heterocycles. The van der Waals surface area contributed by atoms with Crippen LogP contribution in [0.2, 0.25) is 5.15 Å². The lowest BCUT2D eigenvalue weighted by Crippen LogP contribution is -2.43. The maximum atomic E-state index is 12.4. The Hall–Kier alpha value is -1.83. The van der Waals surface area contributed by atoms with Gasteiger partial charge >= 0.3 is 0 Å². The predicted octanol–water partition coefficient (Wildman–Crippen LogP) is 2.71. The van der Waals surface area contributed by atoms with E-state index >= 15 is 0 Å². The molecule has 4 nitrogen and oxygen atoms in total. The summed E-state index contributed by atoms with van der Waals surface area (Å²) in [6.07, 6.45) is 9.36. The molecule has 1 fully saturated rings. The summed E-state index contributed by atoms with van der Waals surface area (Å²) >= 11 is 6.07. The number of hydrogen-bond acceptors (Lipinski definition) is 4. The van der Waals surface area contributed by atoms with Crippen molar-refractivity contribution in [3.8, 4) is 12.3 Å². The van der Waals surface area contributed by atoms with E-state index in [1.807, 2.05) is 0 Å². The molecule has 0 bridgehead atoms. The van der Waals surface area contributed by atoms with Gasteiger partial charge in [0.1, 0.15) is 5.15 Å². The number of hydrogen-bond donors (Lipinski definition) is 0. The Labute approximate surface area is 141 Å². The quantitative estimate of drug-likeness (QED) is 0.617. The Morgan fingerprint density at radius 3 is 2.74 bits per heavy atom. The second-order valence-electron chi connectivity index (χ2n) is 6.27. The van der Waals surface area contributed by atoms with E-state index < -0.39 is 0 Å². The third kappa shape index (κ3) is 2.87. The molecule has 3 rings (SSSR count). The molecule has 0 amide bonds. The smallest absolute Gasteiger partial charge is 0.177 e. The van der Waals surface area contributed by atoms with Crippen molar-refractivity contribution >= 4 is 23.1 Å². The lowest BCUT2D eigenvalue weighted by molar-refractivity contribution is -0.114. The summed E-state index contributed by atoms with van der Waals surface area (Å²) < 4.78 is 5.60. The fraction of sp³-hybridized carbons (Fsp3) is 0.444. The molecule has 2 heterocycles. The molecule has 1 aliphatic heterocycles. The number of likely N-dealkylation sites (tertiary alicyclic amines) is 1. The van der Waals surface area contributed by atoms with Gasteiger partial charge in [0.15, 0.2) is 5.78 Å². The van der Waals surface area contributed by atoms with Crippen molar-refractivity contribution in [1.29, 1.82) is 0 Å². The van der Waals surface area contributed by atoms with Crippen LogP contribution in [0.5, 0.6) is 0 Å². The van der Waals surface area contributed by atoms with Crippen molar-refractivity contribution in [3.05, 3.63) is 34.1 Å². The molecule has 5 heteroatoms. The van der Waals surface area contributed by atoms with Gasteiger partial charge < -0.3 is 9.64 Å². The molecule has 0 aromatic carbocycles. The first kappa shape index (κ1) is 16.0. The zero-order valence-electron chi connectivity index (χ0n) is 13.4. The van der Waals surface area contributed by atoms with Crippen LogP contribution >= 0.6 is 11.6 Å². The van der Waals surface area contributed by atoms with E-state index in [0.717, 1.165) is 42.8 Å². The maximum Gasteiger partial charge on any atom is 0.177 e. The van der Waals surface area contributed by atoms with Gasteiger partial charge in [0, 0.05) is 38.4 Å². The van der Waals surface area contributed by atoms with Gasteiger partial charge in [-0.25, -0.2) is 4.98 Å². The molecular weight excluding hydrogens is 312 g/mol. The number of carbonyl (C=O) groups is 1. The standard InChI is InChI=1S/C18H19ClN2O2/c1-4-13-15(22)9-12-11-20-16(19)10-14(12)17(13)21-7-5-18(2,23-3)6-8-21/h1,10-11H,5-9H2,2-3H3. The Morgan fingerprint density at radius 2 is 2.13 bits per heavy atom. The highest BCUT2D eigenvalue weighted by atomic mass is 35.5. The van der Waals surface area contributed by atoms with Crippen molar-refractivity contribution in [2.75, 3.05) is 20.2 Å². The monoisotopic (exact) mass is 330 g/mol. The molecule has 0 radical (unpaired) electrons. The summed E-state index contributed by atoms with van der Waals surface area (Å²) in [7, 11) is 1.74. The van der Waals surface area contributed by atoms with Crippen LogP contribution in [0.1, 0.15) is 30.9 Å². The minimum Gasteiger partial charge on any atom is -0.378 e. The number of terminal acetylenes is 1. The molecule has 1 aromatic heterocycles. The van der Waals surface area contributed by atoms with Crippen LogP contribution in [0.4, 0.5) is 0 Å². The number of ether oxygens (including phenoxy) is 1. The SMILES string of the molecule is C#CC1=C(N2CCC(C)(OC)CC2)c2cc(Cl)ncc2CC1=O. The van der Waals surface area contributed by atoms with E-state index in [9.17, 15) is 4.79 Å². The number of nitrogens with zero attached hydrogens (tertiary/aromatic N) is 2. The van der Waals surface area contributed by atoms with Gasteiger partial charge in [-0.2, -0.15) is 0 Å². The third-order valence-corrected chi connectivity index (χ3v) is 5.06. The van der Waals surface area contributed by atoms with Crippen LogP contribution in [0, 0.1) is 12.3 Å². The fourth-order valence-corrected chi connectivity index (χ4v) is 3.39. The highest BCUT2D eigenvalue weighted by Gasteiger charge is 2.34. The number of allylic oxidation sites excluding steroid dienone is 1. The van der Waals surface area contributed by atoms with Crippen LogP contribution in [0.3, 0.4) is 0 Å². The van der Waals surface area contributed by atoms with Crippen LogP contribution in [-0.4, -0.2) is 41.5 Å². The van der Waals surface area contributed by atoms with Gasteiger partial charge in [0.2, 0.25) is 0 Å². The Kier molecular flexibility index (Phi) is 4.18. The number of Topliss-reactive ketones (excluding diaryl/α,β-unsaturated/α-hetero) is 1. The highest BCUT2D eigenvalue weighted by molar-refractivity contribution is 6.29. The van der Waals surface area contributed by atoms with Crippen LogP contribution in [-0.2, 0) is 16.0 Å². The third-order valence-electron chi connectivity index (χ3n) is 4.85. The molecule has 0 unspecified atom stereocenters. The van der Waals surface area contributed by atoms with E-state index in [4.69, 9.17) is 22.8 Å². The normalized spacial score (nSPS) is 20.3. The molecule has 0 atom stereocenters.